The third-order valence-electron chi connectivity index (χ3n) is 2.72. The summed E-state index contributed by atoms with van der Waals surface area (Å²) in [5.41, 5.74) is 0.866. The van der Waals surface area contributed by atoms with Crippen molar-refractivity contribution in [3.8, 4) is 0 Å². The highest BCUT2D eigenvalue weighted by molar-refractivity contribution is 6.30. The van der Waals surface area contributed by atoms with Gasteiger partial charge in [0, 0.05) is 24.6 Å². The van der Waals surface area contributed by atoms with Crippen LogP contribution in [-0.2, 0) is 4.74 Å². The van der Waals surface area contributed by atoms with Crippen LogP contribution < -0.4 is 5.32 Å². The fourth-order valence-corrected chi connectivity index (χ4v) is 1.95. The molecular weight excluding hydrogens is 291 g/mol. The molecule has 0 fully saturated rings. The second-order valence-corrected chi connectivity index (χ2v) is 4.88. The summed E-state index contributed by atoms with van der Waals surface area (Å²) in [5.74, 6) is 0. The Hall–Kier alpha value is -0.780. The summed E-state index contributed by atoms with van der Waals surface area (Å²) in [4.78, 5) is 0. The monoisotopic (exact) mass is 309 g/mol. The number of likely N-dealkylation sites (N-methyl/N-ethyl adjacent to an activating group) is 1. The molecule has 1 rings (SSSR count). The third kappa shape index (κ3) is 7.12. The van der Waals surface area contributed by atoms with Crippen molar-refractivity contribution in [2.75, 3.05) is 19.7 Å². The zero-order valence-electron chi connectivity index (χ0n) is 11.3. The van der Waals surface area contributed by atoms with Crippen LogP contribution in [0.25, 0.3) is 0 Å². The maximum absolute atomic E-state index is 12.1. The molecule has 0 heterocycles. The van der Waals surface area contributed by atoms with Gasteiger partial charge in [-0.05, 0) is 30.7 Å². The maximum atomic E-state index is 12.1. The first-order valence-electron chi connectivity index (χ1n) is 6.57. The lowest BCUT2D eigenvalue weighted by Gasteiger charge is -2.19. The molecular formula is C14H19ClF3NO. The normalized spacial score (nSPS) is 13.4. The third-order valence-corrected chi connectivity index (χ3v) is 2.96. The predicted molar refractivity (Wildman–Crippen MR) is 74.0 cm³/mol. The Balaban J connectivity index is 2.52. The van der Waals surface area contributed by atoms with Crippen molar-refractivity contribution in [1.29, 1.82) is 0 Å². The molecule has 0 aliphatic rings. The average molecular weight is 310 g/mol. The molecule has 0 spiro atoms. The molecule has 2 nitrogen and oxygen atoms in total. The molecule has 0 saturated carbocycles. The number of hydrogen-bond donors (Lipinski definition) is 1. The van der Waals surface area contributed by atoms with E-state index in [-0.39, 0.29) is 19.1 Å². The van der Waals surface area contributed by atoms with Crippen LogP contribution in [0.15, 0.2) is 24.3 Å². The maximum Gasteiger partial charge on any atom is 0.389 e. The molecule has 1 aromatic carbocycles. The van der Waals surface area contributed by atoms with Gasteiger partial charge in [0.15, 0.2) is 0 Å². The van der Waals surface area contributed by atoms with E-state index in [1.165, 1.54) is 0 Å². The minimum atomic E-state index is -4.13. The van der Waals surface area contributed by atoms with E-state index in [4.69, 9.17) is 16.3 Å². The summed E-state index contributed by atoms with van der Waals surface area (Å²) in [6, 6.07) is 7.18. The van der Waals surface area contributed by atoms with E-state index >= 15 is 0 Å². The first-order chi connectivity index (χ1) is 9.42. The first kappa shape index (κ1) is 17.3. The minimum Gasteiger partial charge on any atom is -0.372 e. The Labute approximate surface area is 122 Å². The Morgan fingerprint density at radius 3 is 2.70 bits per heavy atom. The molecule has 6 heteroatoms. The lowest BCUT2D eigenvalue weighted by atomic mass is 10.1. The number of nitrogens with one attached hydrogen (secondary N) is 1. The largest absolute Gasteiger partial charge is 0.389 e. The Morgan fingerprint density at radius 2 is 2.10 bits per heavy atom. The van der Waals surface area contributed by atoms with Gasteiger partial charge in [-0.3, -0.25) is 0 Å². The zero-order chi connectivity index (χ0) is 15.0. The van der Waals surface area contributed by atoms with Gasteiger partial charge in [0.1, 0.15) is 0 Å². The van der Waals surface area contributed by atoms with E-state index in [1.807, 2.05) is 13.0 Å². The molecule has 0 saturated heterocycles. The van der Waals surface area contributed by atoms with Crippen LogP contribution in [0, 0.1) is 0 Å². The van der Waals surface area contributed by atoms with Gasteiger partial charge in [0.25, 0.3) is 0 Å². The molecule has 1 unspecified atom stereocenters. The SMILES string of the molecule is CCNCC(OCCCC(F)(F)F)c1cccc(Cl)c1. The van der Waals surface area contributed by atoms with Crippen LogP contribution in [0.3, 0.4) is 0 Å². The molecule has 0 radical (unpaired) electrons. The van der Waals surface area contributed by atoms with Crippen molar-refractivity contribution in [3.63, 3.8) is 0 Å². The molecule has 114 valence electrons. The topological polar surface area (TPSA) is 21.3 Å². The number of benzene rings is 1. The molecule has 1 aromatic rings. The van der Waals surface area contributed by atoms with E-state index in [9.17, 15) is 13.2 Å². The summed E-state index contributed by atoms with van der Waals surface area (Å²) in [6.07, 6.45) is -5.28. The van der Waals surface area contributed by atoms with Crippen LogP contribution in [-0.4, -0.2) is 25.9 Å². The minimum absolute atomic E-state index is 0.0350. The lowest BCUT2D eigenvalue weighted by Crippen LogP contribution is -2.23. The van der Waals surface area contributed by atoms with Gasteiger partial charge in [-0.25, -0.2) is 0 Å². The quantitative estimate of drug-likeness (QED) is 0.721. The van der Waals surface area contributed by atoms with Crippen molar-refractivity contribution < 1.29 is 17.9 Å². The number of alkyl halides is 3. The van der Waals surface area contributed by atoms with Crippen LogP contribution in [0.5, 0.6) is 0 Å². The van der Waals surface area contributed by atoms with Crippen molar-refractivity contribution in [2.24, 2.45) is 0 Å². The number of hydrogen-bond acceptors (Lipinski definition) is 2. The van der Waals surface area contributed by atoms with Crippen molar-refractivity contribution in [3.05, 3.63) is 34.9 Å². The molecule has 1 N–H and O–H groups in total. The van der Waals surface area contributed by atoms with Gasteiger partial charge < -0.3 is 10.1 Å². The van der Waals surface area contributed by atoms with Crippen LogP contribution in [0.2, 0.25) is 5.02 Å². The average Bonchev–Trinajstić information content (AvgIpc) is 2.36. The van der Waals surface area contributed by atoms with Crippen LogP contribution in [0.4, 0.5) is 13.2 Å². The van der Waals surface area contributed by atoms with Gasteiger partial charge >= 0.3 is 6.18 Å². The van der Waals surface area contributed by atoms with Crippen molar-refractivity contribution >= 4 is 11.6 Å². The summed E-state index contributed by atoms with van der Waals surface area (Å²) < 4.78 is 41.8. The summed E-state index contributed by atoms with van der Waals surface area (Å²) in [6.45, 7) is 3.34. The fraction of sp³-hybridized carbons (Fsp3) is 0.571. The molecule has 0 aliphatic heterocycles. The van der Waals surface area contributed by atoms with E-state index in [0.29, 0.717) is 11.6 Å². The lowest BCUT2D eigenvalue weighted by molar-refractivity contribution is -0.138. The number of rotatable bonds is 8. The van der Waals surface area contributed by atoms with Crippen LogP contribution in [0.1, 0.15) is 31.4 Å². The molecule has 0 bridgehead atoms. The number of halogens is 4. The molecule has 0 aliphatic carbocycles. The predicted octanol–water partition coefficient (Wildman–Crippen LogP) is 4.35. The Morgan fingerprint density at radius 1 is 1.35 bits per heavy atom. The fourth-order valence-electron chi connectivity index (χ4n) is 1.75. The second-order valence-electron chi connectivity index (χ2n) is 4.44. The van der Waals surface area contributed by atoms with Gasteiger partial charge in [-0.15, -0.1) is 0 Å². The van der Waals surface area contributed by atoms with Gasteiger partial charge in [0.05, 0.1) is 6.10 Å². The molecule has 1 atom stereocenters. The van der Waals surface area contributed by atoms with Gasteiger partial charge in [-0.2, -0.15) is 13.2 Å². The summed E-state index contributed by atoms with van der Waals surface area (Å²) in [5, 5.41) is 3.72. The highest BCUT2D eigenvalue weighted by atomic mass is 35.5. The molecule has 0 amide bonds. The number of ether oxygens (including phenoxy) is 1. The smallest absolute Gasteiger partial charge is 0.372 e. The van der Waals surface area contributed by atoms with E-state index in [2.05, 4.69) is 5.32 Å². The Kier molecular flexibility index (Phi) is 7.34. The van der Waals surface area contributed by atoms with E-state index in [1.54, 1.807) is 18.2 Å². The molecule has 20 heavy (non-hydrogen) atoms. The highest BCUT2D eigenvalue weighted by Crippen LogP contribution is 2.24. The first-order valence-corrected chi connectivity index (χ1v) is 6.94. The zero-order valence-corrected chi connectivity index (χ0v) is 12.1. The standard InChI is InChI=1S/C14H19ClF3NO/c1-2-19-10-13(11-5-3-6-12(15)9-11)20-8-4-7-14(16,17)18/h3,5-6,9,13,19H,2,4,7-8,10H2,1H3. The summed E-state index contributed by atoms with van der Waals surface area (Å²) >= 11 is 5.92. The van der Waals surface area contributed by atoms with Gasteiger partial charge in [-0.1, -0.05) is 30.7 Å². The van der Waals surface area contributed by atoms with E-state index < -0.39 is 12.6 Å². The van der Waals surface area contributed by atoms with Gasteiger partial charge in [0.2, 0.25) is 0 Å². The highest BCUT2D eigenvalue weighted by Gasteiger charge is 2.26. The second kappa shape index (κ2) is 8.49. The van der Waals surface area contributed by atoms with Crippen molar-refractivity contribution in [1.82, 2.24) is 5.32 Å². The van der Waals surface area contributed by atoms with Crippen molar-refractivity contribution in [2.45, 2.75) is 32.0 Å². The Bertz CT molecular complexity index is 398. The van der Waals surface area contributed by atoms with E-state index in [0.717, 1.165) is 12.1 Å². The molecule has 0 aromatic heterocycles. The van der Waals surface area contributed by atoms with Crippen LogP contribution >= 0.6 is 11.6 Å². The summed E-state index contributed by atoms with van der Waals surface area (Å²) in [7, 11) is 0.